The number of hydrogen-bond donors (Lipinski definition) is 1. The van der Waals surface area contributed by atoms with E-state index in [0.717, 1.165) is 25.4 Å². The average molecular weight is 221 g/mol. The third kappa shape index (κ3) is 2.33. The van der Waals surface area contributed by atoms with Crippen LogP contribution >= 0.6 is 0 Å². The van der Waals surface area contributed by atoms with Crippen LogP contribution in [-0.4, -0.2) is 31.8 Å². The van der Waals surface area contributed by atoms with Gasteiger partial charge < -0.3 is 15.4 Å². The van der Waals surface area contributed by atoms with E-state index in [9.17, 15) is 0 Å². The van der Waals surface area contributed by atoms with Gasteiger partial charge in [0.25, 0.3) is 0 Å². The number of hydrogen-bond acceptors (Lipinski definition) is 4. The second-order valence-electron chi connectivity index (χ2n) is 4.23. The summed E-state index contributed by atoms with van der Waals surface area (Å²) in [5.74, 6) is 0.635. The molecule has 88 valence electrons. The quantitative estimate of drug-likeness (QED) is 0.824. The SMILES string of the molecule is COCC1CCN(c2cccnc2CN)C1. The molecule has 1 aromatic heterocycles. The molecule has 0 radical (unpaired) electrons. The molecular formula is C12H19N3O. The van der Waals surface area contributed by atoms with Gasteiger partial charge in [0.1, 0.15) is 0 Å². The van der Waals surface area contributed by atoms with Gasteiger partial charge in [0.15, 0.2) is 0 Å². The summed E-state index contributed by atoms with van der Waals surface area (Å²) in [7, 11) is 1.76. The largest absolute Gasteiger partial charge is 0.384 e. The van der Waals surface area contributed by atoms with Crippen molar-refractivity contribution in [2.45, 2.75) is 13.0 Å². The Labute approximate surface area is 96.4 Å². The van der Waals surface area contributed by atoms with Crippen molar-refractivity contribution >= 4 is 5.69 Å². The number of anilines is 1. The summed E-state index contributed by atoms with van der Waals surface area (Å²) in [6.07, 6.45) is 2.99. The summed E-state index contributed by atoms with van der Waals surface area (Å²) in [6, 6.07) is 4.07. The highest BCUT2D eigenvalue weighted by Crippen LogP contribution is 2.25. The monoisotopic (exact) mass is 221 g/mol. The highest BCUT2D eigenvalue weighted by Gasteiger charge is 2.23. The number of methoxy groups -OCH3 is 1. The van der Waals surface area contributed by atoms with Crippen LogP contribution in [0.1, 0.15) is 12.1 Å². The summed E-state index contributed by atoms with van der Waals surface area (Å²) >= 11 is 0. The number of nitrogens with two attached hydrogens (primary N) is 1. The number of aromatic nitrogens is 1. The van der Waals surface area contributed by atoms with Crippen LogP contribution in [0.4, 0.5) is 5.69 Å². The Balaban J connectivity index is 2.08. The molecule has 0 amide bonds. The minimum Gasteiger partial charge on any atom is -0.384 e. The molecule has 0 aliphatic carbocycles. The van der Waals surface area contributed by atoms with E-state index in [4.69, 9.17) is 10.5 Å². The molecule has 0 saturated carbocycles. The van der Waals surface area contributed by atoms with E-state index >= 15 is 0 Å². The zero-order chi connectivity index (χ0) is 11.4. The molecular weight excluding hydrogens is 202 g/mol. The molecule has 0 bridgehead atoms. The Hall–Kier alpha value is -1.13. The van der Waals surface area contributed by atoms with Crippen molar-refractivity contribution in [3.63, 3.8) is 0 Å². The van der Waals surface area contributed by atoms with Gasteiger partial charge >= 0.3 is 0 Å². The summed E-state index contributed by atoms with van der Waals surface area (Å²) in [5, 5.41) is 0. The summed E-state index contributed by atoms with van der Waals surface area (Å²) in [5.41, 5.74) is 7.87. The maximum Gasteiger partial charge on any atom is 0.0772 e. The van der Waals surface area contributed by atoms with Gasteiger partial charge in [-0.3, -0.25) is 4.98 Å². The van der Waals surface area contributed by atoms with Crippen molar-refractivity contribution in [3.8, 4) is 0 Å². The Morgan fingerprint density at radius 3 is 3.25 bits per heavy atom. The zero-order valence-corrected chi connectivity index (χ0v) is 9.72. The van der Waals surface area contributed by atoms with E-state index in [-0.39, 0.29) is 0 Å². The minimum atomic E-state index is 0.502. The fourth-order valence-electron chi connectivity index (χ4n) is 2.30. The third-order valence-electron chi connectivity index (χ3n) is 3.09. The van der Waals surface area contributed by atoms with Crippen LogP contribution in [0.15, 0.2) is 18.3 Å². The molecule has 1 unspecified atom stereocenters. The first kappa shape index (κ1) is 11.4. The van der Waals surface area contributed by atoms with Gasteiger partial charge in [-0.1, -0.05) is 0 Å². The van der Waals surface area contributed by atoms with Crippen molar-refractivity contribution in [3.05, 3.63) is 24.0 Å². The van der Waals surface area contributed by atoms with E-state index in [1.807, 2.05) is 6.07 Å². The second-order valence-corrected chi connectivity index (χ2v) is 4.23. The molecule has 2 rings (SSSR count). The zero-order valence-electron chi connectivity index (χ0n) is 9.72. The van der Waals surface area contributed by atoms with E-state index in [2.05, 4.69) is 16.0 Å². The predicted octanol–water partition coefficient (Wildman–Crippen LogP) is 1.01. The van der Waals surface area contributed by atoms with Crippen molar-refractivity contribution in [2.75, 3.05) is 31.7 Å². The molecule has 4 heteroatoms. The molecule has 0 aromatic carbocycles. The molecule has 2 heterocycles. The van der Waals surface area contributed by atoms with E-state index in [1.54, 1.807) is 13.3 Å². The molecule has 4 nitrogen and oxygen atoms in total. The lowest BCUT2D eigenvalue weighted by atomic mass is 10.1. The highest BCUT2D eigenvalue weighted by atomic mass is 16.5. The standard InChI is InChI=1S/C12H19N3O/c1-16-9-10-4-6-15(8-10)12-3-2-5-14-11(12)7-13/h2-3,5,10H,4,6-9,13H2,1H3. The van der Waals surface area contributed by atoms with Gasteiger partial charge in [-0.2, -0.15) is 0 Å². The third-order valence-corrected chi connectivity index (χ3v) is 3.09. The van der Waals surface area contributed by atoms with Crippen molar-refractivity contribution in [2.24, 2.45) is 11.7 Å². The Morgan fingerprint density at radius 2 is 2.50 bits per heavy atom. The van der Waals surface area contributed by atoms with E-state index in [0.29, 0.717) is 12.5 Å². The van der Waals surface area contributed by atoms with Crippen LogP contribution in [0.25, 0.3) is 0 Å². The van der Waals surface area contributed by atoms with Gasteiger partial charge in [-0.05, 0) is 18.6 Å². The number of pyridine rings is 1. The maximum atomic E-state index is 5.70. The number of rotatable bonds is 4. The first-order valence-electron chi connectivity index (χ1n) is 5.73. The van der Waals surface area contributed by atoms with Crippen LogP contribution in [0.3, 0.4) is 0 Å². The molecule has 1 atom stereocenters. The van der Waals surface area contributed by atoms with Gasteiger partial charge in [0.2, 0.25) is 0 Å². The Morgan fingerprint density at radius 1 is 1.62 bits per heavy atom. The molecule has 1 fully saturated rings. The van der Waals surface area contributed by atoms with Crippen molar-refractivity contribution in [1.29, 1.82) is 0 Å². The van der Waals surface area contributed by atoms with Gasteiger partial charge in [0.05, 0.1) is 18.0 Å². The lowest BCUT2D eigenvalue weighted by molar-refractivity contribution is 0.161. The van der Waals surface area contributed by atoms with E-state index in [1.165, 1.54) is 12.1 Å². The van der Waals surface area contributed by atoms with Gasteiger partial charge in [0, 0.05) is 38.9 Å². The summed E-state index contributed by atoms with van der Waals surface area (Å²) in [4.78, 5) is 6.67. The fourth-order valence-corrected chi connectivity index (χ4v) is 2.30. The smallest absolute Gasteiger partial charge is 0.0772 e. The van der Waals surface area contributed by atoms with Gasteiger partial charge in [-0.15, -0.1) is 0 Å². The number of ether oxygens (including phenoxy) is 1. The lowest BCUT2D eigenvalue weighted by Gasteiger charge is -2.20. The van der Waals surface area contributed by atoms with Crippen LogP contribution < -0.4 is 10.6 Å². The first-order chi connectivity index (χ1) is 7.85. The van der Waals surface area contributed by atoms with Crippen LogP contribution in [-0.2, 0) is 11.3 Å². The second kappa shape index (κ2) is 5.27. The highest BCUT2D eigenvalue weighted by molar-refractivity contribution is 5.51. The minimum absolute atomic E-state index is 0.502. The normalized spacial score (nSPS) is 20.4. The molecule has 1 saturated heterocycles. The molecule has 1 aromatic rings. The lowest BCUT2D eigenvalue weighted by Crippen LogP contribution is -2.23. The maximum absolute atomic E-state index is 5.70. The van der Waals surface area contributed by atoms with Crippen molar-refractivity contribution in [1.82, 2.24) is 4.98 Å². The van der Waals surface area contributed by atoms with Crippen LogP contribution in [0.2, 0.25) is 0 Å². The fraction of sp³-hybridized carbons (Fsp3) is 0.583. The summed E-state index contributed by atoms with van der Waals surface area (Å²) in [6.45, 7) is 3.47. The van der Waals surface area contributed by atoms with Crippen molar-refractivity contribution < 1.29 is 4.74 Å². The first-order valence-corrected chi connectivity index (χ1v) is 5.73. The Bertz CT molecular complexity index is 343. The molecule has 2 N–H and O–H groups in total. The number of nitrogens with zero attached hydrogens (tertiary/aromatic N) is 2. The predicted molar refractivity (Wildman–Crippen MR) is 64.3 cm³/mol. The van der Waals surface area contributed by atoms with Crippen LogP contribution in [0.5, 0.6) is 0 Å². The van der Waals surface area contributed by atoms with Crippen LogP contribution in [0, 0.1) is 5.92 Å². The Kier molecular flexibility index (Phi) is 3.74. The summed E-state index contributed by atoms with van der Waals surface area (Å²) < 4.78 is 5.20. The molecule has 0 spiro atoms. The molecule has 16 heavy (non-hydrogen) atoms. The molecule has 1 aliphatic rings. The topological polar surface area (TPSA) is 51.4 Å². The average Bonchev–Trinajstić information content (AvgIpc) is 2.78. The van der Waals surface area contributed by atoms with Gasteiger partial charge in [-0.25, -0.2) is 0 Å². The molecule has 1 aliphatic heterocycles. The van der Waals surface area contributed by atoms with E-state index < -0.39 is 0 Å².